The molecule has 0 saturated carbocycles. The van der Waals surface area contributed by atoms with Gasteiger partial charge in [-0.2, -0.15) is 0 Å². The molecule has 2 heteroatoms. The van der Waals surface area contributed by atoms with Crippen molar-refractivity contribution in [3.05, 3.63) is 0 Å². The molecule has 0 spiro atoms. The van der Waals surface area contributed by atoms with Crippen molar-refractivity contribution in [3.63, 3.8) is 0 Å². The maximum Gasteiger partial charge on any atom is 0.123 e. The van der Waals surface area contributed by atoms with Crippen LogP contribution in [0, 0.1) is 5.92 Å². The molecule has 0 aliphatic rings. The normalized spacial score (nSPS) is 12.8. The summed E-state index contributed by atoms with van der Waals surface area (Å²) < 4.78 is 4.92. The van der Waals surface area contributed by atoms with Gasteiger partial charge in [0, 0.05) is 19.6 Å². The predicted octanol–water partition coefficient (Wildman–Crippen LogP) is 2.42. The van der Waals surface area contributed by atoms with E-state index in [9.17, 15) is 4.79 Å². The number of aldehydes is 1. The molecule has 0 aromatic heterocycles. The fourth-order valence-corrected chi connectivity index (χ4v) is 1.21. The Hall–Kier alpha value is -0.370. The van der Waals surface area contributed by atoms with Gasteiger partial charge in [-0.1, -0.05) is 26.2 Å². The summed E-state index contributed by atoms with van der Waals surface area (Å²) in [7, 11) is 1.67. The van der Waals surface area contributed by atoms with Gasteiger partial charge in [0.2, 0.25) is 0 Å². The van der Waals surface area contributed by atoms with Crippen LogP contribution in [0.5, 0.6) is 0 Å². The lowest BCUT2D eigenvalue weighted by Crippen LogP contribution is -2.05. The average molecular weight is 172 g/mol. The molecule has 0 heterocycles. The summed E-state index contributed by atoms with van der Waals surface area (Å²) in [6.45, 7) is 2.88. The number of hydrogen-bond donors (Lipinski definition) is 0. The first-order valence-corrected chi connectivity index (χ1v) is 4.79. The smallest absolute Gasteiger partial charge is 0.123 e. The zero-order valence-electron chi connectivity index (χ0n) is 8.21. The molecule has 0 saturated heterocycles. The average Bonchev–Trinajstić information content (AvgIpc) is 2.11. The number of rotatable bonds is 8. The second-order valence-corrected chi connectivity index (χ2v) is 3.17. The molecule has 0 fully saturated rings. The van der Waals surface area contributed by atoms with Crippen molar-refractivity contribution in [2.45, 2.75) is 39.0 Å². The van der Waals surface area contributed by atoms with Gasteiger partial charge < -0.3 is 9.53 Å². The van der Waals surface area contributed by atoms with E-state index in [1.807, 2.05) is 0 Å². The van der Waals surface area contributed by atoms with E-state index in [4.69, 9.17) is 4.74 Å². The number of methoxy groups -OCH3 is 1. The minimum Gasteiger partial charge on any atom is -0.385 e. The third-order valence-corrected chi connectivity index (χ3v) is 2.06. The molecular formula is C10H20O2. The van der Waals surface area contributed by atoms with Gasteiger partial charge in [0.25, 0.3) is 0 Å². The number of unbranched alkanes of at least 4 members (excludes halogenated alkanes) is 2. The van der Waals surface area contributed by atoms with Crippen LogP contribution in [0.4, 0.5) is 0 Å². The minimum atomic E-state index is 0.219. The summed E-state index contributed by atoms with van der Waals surface area (Å²) in [5.41, 5.74) is 0. The Morgan fingerprint density at radius 2 is 2.08 bits per heavy atom. The molecule has 0 aliphatic heterocycles. The van der Waals surface area contributed by atoms with Crippen molar-refractivity contribution >= 4 is 6.29 Å². The van der Waals surface area contributed by atoms with Crippen LogP contribution < -0.4 is 0 Å². The number of carbonyl (C=O) groups excluding carboxylic acids is 1. The fraction of sp³-hybridized carbons (Fsp3) is 0.900. The third-order valence-electron chi connectivity index (χ3n) is 2.06. The van der Waals surface area contributed by atoms with Crippen LogP contribution in [-0.4, -0.2) is 20.0 Å². The Bertz CT molecular complexity index is 102. The van der Waals surface area contributed by atoms with Crippen molar-refractivity contribution in [1.82, 2.24) is 0 Å². The monoisotopic (exact) mass is 172 g/mol. The topological polar surface area (TPSA) is 26.3 Å². The zero-order valence-corrected chi connectivity index (χ0v) is 8.21. The summed E-state index contributed by atoms with van der Waals surface area (Å²) in [6.07, 6.45) is 6.59. The maximum absolute atomic E-state index is 10.5. The van der Waals surface area contributed by atoms with Crippen molar-refractivity contribution < 1.29 is 9.53 Å². The first-order chi connectivity index (χ1) is 5.85. The lowest BCUT2D eigenvalue weighted by atomic mass is 10.00. The first-order valence-electron chi connectivity index (χ1n) is 4.79. The van der Waals surface area contributed by atoms with Crippen LogP contribution in [-0.2, 0) is 9.53 Å². The molecule has 0 bridgehead atoms. The van der Waals surface area contributed by atoms with E-state index in [1.165, 1.54) is 19.3 Å². The van der Waals surface area contributed by atoms with E-state index in [-0.39, 0.29) is 5.92 Å². The number of hydrogen-bond acceptors (Lipinski definition) is 2. The zero-order chi connectivity index (χ0) is 9.23. The highest BCUT2D eigenvalue weighted by atomic mass is 16.5. The molecule has 0 aliphatic carbocycles. The Morgan fingerprint density at radius 1 is 1.33 bits per heavy atom. The molecule has 0 N–H and O–H groups in total. The largest absolute Gasteiger partial charge is 0.385 e. The standard InChI is InChI=1S/C10H20O2/c1-3-4-5-6-10(9-11)7-8-12-2/h9-10H,3-8H2,1-2H3/t10-/m1/s1. The van der Waals surface area contributed by atoms with E-state index >= 15 is 0 Å². The van der Waals surface area contributed by atoms with Crippen molar-refractivity contribution in [2.75, 3.05) is 13.7 Å². The predicted molar refractivity (Wildman–Crippen MR) is 50.2 cm³/mol. The second kappa shape index (κ2) is 8.72. The quantitative estimate of drug-likeness (QED) is 0.415. The third kappa shape index (κ3) is 6.35. The van der Waals surface area contributed by atoms with E-state index in [2.05, 4.69) is 6.92 Å². The Kier molecular flexibility index (Phi) is 8.46. The van der Waals surface area contributed by atoms with Crippen molar-refractivity contribution in [1.29, 1.82) is 0 Å². The molecule has 1 atom stereocenters. The molecule has 72 valence electrons. The van der Waals surface area contributed by atoms with Gasteiger partial charge in [0.1, 0.15) is 6.29 Å². The summed E-state index contributed by atoms with van der Waals surface area (Å²) in [5.74, 6) is 0.219. The highest BCUT2D eigenvalue weighted by molar-refractivity contribution is 5.53. The Balaban J connectivity index is 3.32. The van der Waals surface area contributed by atoms with E-state index in [0.717, 1.165) is 19.1 Å². The highest BCUT2D eigenvalue weighted by Gasteiger charge is 2.05. The SMILES string of the molecule is CCCCC[C@@H](C=O)CCOC. The van der Waals surface area contributed by atoms with Gasteiger partial charge in [-0.15, -0.1) is 0 Å². The molecule has 0 radical (unpaired) electrons. The fourth-order valence-electron chi connectivity index (χ4n) is 1.21. The lowest BCUT2D eigenvalue weighted by molar-refractivity contribution is -0.111. The summed E-state index contributed by atoms with van der Waals surface area (Å²) >= 11 is 0. The van der Waals surface area contributed by atoms with Crippen LogP contribution in [0.15, 0.2) is 0 Å². The van der Waals surface area contributed by atoms with Crippen LogP contribution in [0.2, 0.25) is 0 Å². The highest BCUT2D eigenvalue weighted by Crippen LogP contribution is 2.11. The summed E-state index contributed by atoms with van der Waals surface area (Å²) in [6, 6.07) is 0. The molecule has 0 rings (SSSR count). The number of ether oxygens (including phenoxy) is 1. The molecule has 12 heavy (non-hydrogen) atoms. The Morgan fingerprint density at radius 3 is 2.58 bits per heavy atom. The lowest BCUT2D eigenvalue weighted by Gasteiger charge is -2.08. The summed E-state index contributed by atoms with van der Waals surface area (Å²) in [4.78, 5) is 10.5. The molecule has 0 aromatic carbocycles. The molecule has 0 unspecified atom stereocenters. The van der Waals surface area contributed by atoms with Gasteiger partial charge >= 0.3 is 0 Å². The van der Waals surface area contributed by atoms with Gasteiger partial charge in [0.05, 0.1) is 0 Å². The molecule has 2 nitrogen and oxygen atoms in total. The van der Waals surface area contributed by atoms with Crippen LogP contribution in [0.1, 0.15) is 39.0 Å². The van der Waals surface area contributed by atoms with Gasteiger partial charge in [0.15, 0.2) is 0 Å². The van der Waals surface area contributed by atoms with E-state index < -0.39 is 0 Å². The molecule has 0 aromatic rings. The molecule has 0 amide bonds. The minimum absolute atomic E-state index is 0.219. The van der Waals surface area contributed by atoms with Crippen molar-refractivity contribution in [3.8, 4) is 0 Å². The van der Waals surface area contributed by atoms with Gasteiger partial charge in [-0.25, -0.2) is 0 Å². The van der Waals surface area contributed by atoms with Crippen LogP contribution in [0.25, 0.3) is 0 Å². The molecular weight excluding hydrogens is 152 g/mol. The second-order valence-electron chi connectivity index (χ2n) is 3.17. The van der Waals surface area contributed by atoms with Crippen molar-refractivity contribution in [2.24, 2.45) is 5.92 Å². The van der Waals surface area contributed by atoms with Gasteiger partial charge in [-0.05, 0) is 12.8 Å². The van der Waals surface area contributed by atoms with Crippen LogP contribution >= 0.6 is 0 Å². The van der Waals surface area contributed by atoms with Gasteiger partial charge in [-0.3, -0.25) is 0 Å². The van der Waals surface area contributed by atoms with E-state index in [1.54, 1.807) is 7.11 Å². The summed E-state index contributed by atoms with van der Waals surface area (Å²) in [5, 5.41) is 0. The maximum atomic E-state index is 10.5. The first kappa shape index (κ1) is 11.6. The van der Waals surface area contributed by atoms with E-state index in [0.29, 0.717) is 6.61 Å². The Labute approximate surface area is 75.3 Å². The van der Waals surface area contributed by atoms with Crippen LogP contribution in [0.3, 0.4) is 0 Å². The number of carbonyl (C=O) groups is 1.